The average Bonchev–Trinajstić information content (AvgIpc) is 2.20. The smallest absolute Gasteiger partial charge is 0.221 e. The Morgan fingerprint density at radius 3 is 2.87 bits per heavy atom. The van der Waals surface area contributed by atoms with Gasteiger partial charge in [0, 0.05) is 13.5 Å². The Morgan fingerprint density at radius 1 is 1.53 bits per heavy atom. The quantitative estimate of drug-likeness (QED) is 0.752. The van der Waals surface area contributed by atoms with Crippen LogP contribution in [0.4, 0.5) is 5.82 Å². The van der Waals surface area contributed by atoms with Gasteiger partial charge in [0.1, 0.15) is 12.1 Å². The summed E-state index contributed by atoms with van der Waals surface area (Å²) in [5, 5.41) is 2.99. The Hall–Kier alpha value is -1.58. The second-order valence-electron chi connectivity index (χ2n) is 3.46. The van der Waals surface area contributed by atoms with Crippen LogP contribution >= 0.6 is 0 Å². The highest BCUT2D eigenvalue weighted by Gasteiger charge is 2.05. The number of aromatic nitrogens is 2. The van der Waals surface area contributed by atoms with Gasteiger partial charge in [0.2, 0.25) is 5.88 Å². The third-order valence-electron chi connectivity index (χ3n) is 2.04. The highest BCUT2D eigenvalue weighted by molar-refractivity contribution is 5.46. The predicted octanol–water partition coefficient (Wildman–Crippen LogP) is 2.17. The van der Waals surface area contributed by atoms with Gasteiger partial charge in [-0.2, -0.15) is 0 Å². The molecule has 4 heteroatoms. The molecule has 1 aromatic rings. The van der Waals surface area contributed by atoms with E-state index < -0.39 is 0 Å². The van der Waals surface area contributed by atoms with Crippen LogP contribution in [0.2, 0.25) is 0 Å². The minimum absolute atomic E-state index is 0.607. The van der Waals surface area contributed by atoms with Gasteiger partial charge in [-0.05, 0) is 13.8 Å². The number of anilines is 1. The molecular weight excluding hydrogens is 190 g/mol. The largest absolute Gasteiger partial charge is 0.477 e. The van der Waals surface area contributed by atoms with Gasteiger partial charge >= 0.3 is 0 Å². The van der Waals surface area contributed by atoms with Crippen LogP contribution in [-0.2, 0) is 0 Å². The molecule has 0 aliphatic heterocycles. The molecule has 0 radical (unpaired) electrons. The van der Waals surface area contributed by atoms with Crippen LogP contribution in [0.1, 0.15) is 18.9 Å². The van der Waals surface area contributed by atoms with Crippen molar-refractivity contribution in [2.75, 3.05) is 19.0 Å². The van der Waals surface area contributed by atoms with Crippen LogP contribution < -0.4 is 10.1 Å². The van der Waals surface area contributed by atoms with Gasteiger partial charge in [-0.15, -0.1) is 6.58 Å². The van der Waals surface area contributed by atoms with Crippen molar-refractivity contribution >= 4 is 5.82 Å². The zero-order valence-corrected chi connectivity index (χ0v) is 9.50. The Labute approximate surface area is 90.4 Å². The molecule has 0 saturated heterocycles. The Balaban J connectivity index is 2.64. The molecule has 0 bridgehead atoms. The number of ether oxygens (including phenoxy) is 1. The first-order chi connectivity index (χ1) is 7.15. The summed E-state index contributed by atoms with van der Waals surface area (Å²) in [7, 11) is 1.83. The van der Waals surface area contributed by atoms with Crippen molar-refractivity contribution in [3.05, 3.63) is 24.0 Å². The fraction of sp³-hybridized carbons (Fsp3) is 0.455. The summed E-state index contributed by atoms with van der Waals surface area (Å²) in [6, 6.07) is 0. The molecule has 1 rings (SSSR count). The van der Waals surface area contributed by atoms with E-state index in [-0.39, 0.29) is 0 Å². The van der Waals surface area contributed by atoms with Crippen LogP contribution in [0.5, 0.6) is 5.88 Å². The van der Waals surface area contributed by atoms with E-state index in [1.165, 1.54) is 6.33 Å². The standard InChI is InChI=1S/C11H17N3O/c1-8(2)5-6-15-11-9(3)10(12-4)13-7-14-11/h7H,1,5-6H2,2-4H3,(H,12,13,14). The van der Waals surface area contributed by atoms with Crippen LogP contribution in [0.15, 0.2) is 18.5 Å². The summed E-state index contributed by atoms with van der Waals surface area (Å²) in [4.78, 5) is 8.16. The molecule has 0 spiro atoms. The van der Waals surface area contributed by atoms with Crippen molar-refractivity contribution in [2.24, 2.45) is 0 Å². The molecule has 82 valence electrons. The molecule has 1 heterocycles. The lowest BCUT2D eigenvalue weighted by Crippen LogP contribution is -2.04. The highest BCUT2D eigenvalue weighted by atomic mass is 16.5. The molecule has 0 aliphatic carbocycles. The molecule has 0 fully saturated rings. The van der Waals surface area contributed by atoms with Crippen molar-refractivity contribution in [2.45, 2.75) is 20.3 Å². The van der Waals surface area contributed by atoms with Crippen LogP contribution in [0.25, 0.3) is 0 Å². The number of hydrogen-bond acceptors (Lipinski definition) is 4. The van der Waals surface area contributed by atoms with E-state index in [4.69, 9.17) is 4.74 Å². The summed E-state index contributed by atoms with van der Waals surface area (Å²) in [5.41, 5.74) is 2.04. The zero-order valence-electron chi connectivity index (χ0n) is 9.50. The Bertz CT molecular complexity index is 350. The molecule has 0 atom stereocenters. The van der Waals surface area contributed by atoms with E-state index in [1.54, 1.807) is 0 Å². The van der Waals surface area contributed by atoms with Gasteiger partial charge in [-0.1, -0.05) is 5.57 Å². The maximum Gasteiger partial charge on any atom is 0.221 e. The van der Waals surface area contributed by atoms with Crippen molar-refractivity contribution in [1.82, 2.24) is 9.97 Å². The third kappa shape index (κ3) is 3.23. The highest BCUT2D eigenvalue weighted by Crippen LogP contribution is 2.19. The van der Waals surface area contributed by atoms with Gasteiger partial charge < -0.3 is 10.1 Å². The van der Waals surface area contributed by atoms with Gasteiger partial charge in [0.25, 0.3) is 0 Å². The van der Waals surface area contributed by atoms with Crippen LogP contribution in [0.3, 0.4) is 0 Å². The monoisotopic (exact) mass is 207 g/mol. The topological polar surface area (TPSA) is 47.0 Å². The fourth-order valence-electron chi connectivity index (χ4n) is 1.15. The summed E-state index contributed by atoms with van der Waals surface area (Å²) < 4.78 is 5.54. The lowest BCUT2D eigenvalue weighted by Gasteiger charge is -2.09. The summed E-state index contributed by atoms with van der Waals surface area (Å²) in [6.07, 6.45) is 2.34. The molecule has 0 aliphatic rings. The average molecular weight is 207 g/mol. The van der Waals surface area contributed by atoms with E-state index in [0.717, 1.165) is 23.4 Å². The SMILES string of the molecule is C=C(C)CCOc1ncnc(NC)c1C. The molecule has 1 aromatic heterocycles. The number of nitrogens with one attached hydrogen (secondary N) is 1. The van der Waals surface area contributed by atoms with Crippen LogP contribution in [-0.4, -0.2) is 23.6 Å². The first kappa shape index (κ1) is 11.5. The molecule has 0 amide bonds. The molecule has 0 unspecified atom stereocenters. The van der Waals surface area contributed by atoms with E-state index in [0.29, 0.717) is 12.5 Å². The minimum atomic E-state index is 0.607. The summed E-state index contributed by atoms with van der Waals surface area (Å²) in [5.74, 6) is 1.44. The zero-order chi connectivity index (χ0) is 11.3. The van der Waals surface area contributed by atoms with E-state index in [2.05, 4.69) is 21.9 Å². The first-order valence-corrected chi connectivity index (χ1v) is 4.91. The van der Waals surface area contributed by atoms with Gasteiger partial charge in [-0.25, -0.2) is 9.97 Å². The van der Waals surface area contributed by atoms with Gasteiger partial charge in [0.15, 0.2) is 0 Å². The Kier molecular flexibility index (Phi) is 4.09. The normalized spacial score (nSPS) is 9.80. The maximum absolute atomic E-state index is 5.54. The minimum Gasteiger partial charge on any atom is -0.477 e. The molecular formula is C11H17N3O. The van der Waals surface area contributed by atoms with Crippen molar-refractivity contribution in [1.29, 1.82) is 0 Å². The second-order valence-corrected chi connectivity index (χ2v) is 3.46. The van der Waals surface area contributed by atoms with E-state index in [1.807, 2.05) is 20.9 Å². The number of nitrogens with zero attached hydrogens (tertiary/aromatic N) is 2. The summed E-state index contributed by atoms with van der Waals surface area (Å²) in [6.45, 7) is 8.34. The molecule has 0 aromatic carbocycles. The van der Waals surface area contributed by atoms with Crippen LogP contribution in [0, 0.1) is 6.92 Å². The van der Waals surface area contributed by atoms with E-state index in [9.17, 15) is 0 Å². The summed E-state index contributed by atoms with van der Waals surface area (Å²) >= 11 is 0. The van der Waals surface area contributed by atoms with Crippen molar-refractivity contribution in [3.8, 4) is 5.88 Å². The maximum atomic E-state index is 5.54. The number of hydrogen-bond donors (Lipinski definition) is 1. The third-order valence-corrected chi connectivity index (χ3v) is 2.04. The second kappa shape index (κ2) is 5.34. The fourth-order valence-corrected chi connectivity index (χ4v) is 1.15. The molecule has 4 nitrogen and oxygen atoms in total. The molecule has 15 heavy (non-hydrogen) atoms. The Morgan fingerprint density at radius 2 is 2.27 bits per heavy atom. The predicted molar refractivity (Wildman–Crippen MR) is 61.2 cm³/mol. The van der Waals surface area contributed by atoms with E-state index >= 15 is 0 Å². The lowest BCUT2D eigenvalue weighted by molar-refractivity contribution is 0.306. The van der Waals surface area contributed by atoms with Gasteiger partial charge in [-0.3, -0.25) is 0 Å². The molecule has 0 saturated carbocycles. The van der Waals surface area contributed by atoms with Crippen molar-refractivity contribution < 1.29 is 4.74 Å². The van der Waals surface area contributed by atoms with Gasteiger partial charge in [0.05, 0.1) is 12.2 Å². The molecule has 1 N–H and O–H groups in total. The number of rotatable bonds is 5. The van der Waals surface area contributed by atoms with Crippen molar-refractivity contribution in [3.63, 3.8) is 0 Å². The first-order valence-electron chi connectivity index (χ1n) is 4.91. The lowest BCUT2D eigenvalue weighted by atomic mass is 10.2.